The molecule has 0 saturated heterocycles. The molecule has 0 fully saturated rings. The van der Waals surface area contributed by atoms with Gasteiger partial charge in [0.15, 0.2) is 0 Å². The first kappa shape index (κ1) is 16.2. The van der Waals surface area contributed by atoms with E-state index in [1.54, 1.807) is 6.07 Å². The molecule has 0 atom stereocenters. The molecule has 0 bridgehead atoms. The quantitative estimate of drug-likeness (QED) is 0.566. The second kappa shape index (κ2) is 6.86. The Kier molecular flexibility index (Phi) is 4.84. The Hall–Kier alpha value is -1.64. The minimum absolute atomic E-state index is 0.0988. The van der Waals surface area contributed by atoms with Crippen molar-refractivity contribution in [1.29, 1.82) is 0 Å². The highest BCUT2D eigenvalue weighted by Gasteiger charge is 2.18. The predicted octanol–water partition coefficient (Wildman–Crippen LogP) is 4.90. The zero-order valence-electron chi connectivity index (χ0n) is 11.4. The normalized spacial score (nSPS) is 10.7. The number of thioether (sulfide) groups is 1. The van der Waals surface area contributed by atoms with Crippen molar-refractivity contribution in [2.24, 2.45) is 0 Å². The molecule has 0 spiro atoms. The molecule has 0 amide bonds. The third kappa shape index (κ3) is 3.82. The van der Waals surface area contributed by atoms with Crippen LogP contribution in [0.15, 0.2) is 61.0 Å². The van der Waals surface area contributed by atoms with Gasteiger partial charge in [-0.05, 0) is 42.5 Å². The van der Waals surface area contributed by atoms with E-state index in [1.165, 1.54) is 12.1 Å². The van der Waals surface area contributed by atoms with Crippen LogP contribution in [0.25, 0.3) is 11.5 Å². The average Bonchev–Trinajstić information content (AvgIpc) is 2.99. The van der Waals surface area contributed by atoms with Gasteiger partial charge in [-0.1, -0.05) is 31.9 Å². The summed E-state index contributed by atoms with van der Waals surface area (Å²) in [4.78, 5) is 12.2. The largest absolute Gasteiger partial charge is 0.507 e. The van der Waals surface area contributed by atoms with Gasteiger partial charge in [0.25, 0.3) is 5.22 Å². The Morgan fingerprint density at radius 2 is 1.74 bits per heavy atom. The molecule has 1 heterocycles. The van der Waals surface area contributed by atoms with Gasteiger partial charge in [-0.25, -0.2) is 0 Å². The number of nitrogens with zero attached hydrogens (tertiary/aromatic N) is 2. The number of carbonyl (C=O) groups is 1. The zero-order valence-corrected chi connectivity index (χ0v) is 15.4. The summed E-state index contributed by atoms with van der Waals surface area (Å²) < 4.78 is 7.12. The summed E-state index contributed by atoms with van der Waals surface area (Å²) in [5, 5.41) is 17.3. The van der Waals surface area contributed by atoms with E-state index < -0.39 is 0 Å². The molecule has 1 N–H and O–H groups in total. The molecule has 1 aromatic heterocycles. The second-order valence-electron chi connectivity index (χ2n) is 4.43. The molecule has 2 aromatic carbocycles. The van der Waals surface area contributed by atoms with E-state index in [2.05, 4.69) is 42.1 Å². The zero-order chi connectivity index (χ0) is 16.4. The van der Waals surface area contributed by atoms with Crippen molar-refractivity contribution in [3.63, 3.8) is 0 Å². The van der Waals surface area contributed by atoms with Gasteiger partial charge in [0.05, 0.1) is 5.56 Å². The molecule has 0 aliphatic heterocycles. The maximum atomic E-state index is 12.2. The predicted molar refractivity (Wildman–Crippen MR) is 93.4 cm³/mol. The Labute approximate surface area is 152 Å². The van der Waals surface area contributed by atoms with Crippen molar-refractivity contribution in [1.82, 2.24) is 10.2 Å². The minimum atomic E-state index is -0.380. The van der Waals surface area contributed by atoms with Gasteiger partial charge in [-0.2, -0.15) is 0 Å². The molecule has 3 rings (SSSR count). The summed E-state index contributed by atoms with van der Waals surface area (Å²) in [6, 6.07) is 12.0. The van der Waals surface area contributed by atoms with Crippen molar-refractivity contribution in [3.05, 3.63) is 57.0 Å². The van der Waals surface area contributed by atoms with E-state index >= 15 is 0 Å². The molecule has 23 heavy (non-hydrogen) atoms. The first-order chi connectivity index (χ1) is 11.0. The van der Waals surface area contributed by atoms with Gasteiger partial charge < -0.3 is 9.52 Å². The number of rotatable bonds is 3. The Morgan fingerprint density at radius 3 is 2.48 bits per heavy atom. The molecule has 0 radical (unpaired) electrons. The van der Waals surface area contributed by atoms with Crippen LogP contribution in [0.2, 0.25) is 0 Å². The fourth-order valence-corrected chi connectivity index (χ4v) is 3.03. The number of benzene rings is 2. The third-order valence-corrected chi connectivity index (χ3v) is 4.62. The monoisotopic (exact) mass is 454 g/mol. The van der Waals surface area contributed by atoms with Crippen LogP contribution in [0.3, 0.4) is 0 Å². The van der Waals surface area contributed by atoms with Crippen molar-refractivity contribution < 1.29 is 14.3 Å². The van der Waals surface area contributed by atoms with Gasteiger partial charge in [0.2, 0.25) is 11.0 Å². The molecule has 0 aliphatic rings. The number of hydrogen-bond acceptors (Lipinski definition) is 6. The van der Waals surface area contributed by atoms with E-state index in [0.29, 0.717) is 10.4 Å². The lowest BCUT2D eigenvalue weighted by atomic mass is 10.2. The smallest absolute Gasteiger partial charge is 0.284 e. The van der Waals surface area contributed by atoms with Crippen LogP contribution in [-0.2, 0) is 0 Å². The number of hydrogen-bond donors (Lipinski definition) is 1. The number of aromatic hydroxyl groups is 1. The lowest BCUT2D eigenvalue weighted by Crippen LogP contribution is -1.94. The maximum absolute atomic E-state index is 12.2. The van der Waals surface area contributed by atoms with E-state index in [1.807, 2.05) is 24.3 Å². The van der Waals surface area contributed by atoms with E-state index in [9.17, 15) is 9.90 Å². The molecule has 0 unspecified atom stereocenters. The van der Waals surface area contributed by atoms with Crippen molar-refractivity contribution in [2.75, 3.05) is 0 Å². The maximum Gasteiger partial charge on any atom is 0.284 e. The SMILES string of the molecule is O=C(Sc1nnc(-c2ccc(Br)cc2)o1)c1cc(Br)ccc1O. The van der Waals surface area contributed by atoms with Crippen LogP contribution in [-0.4, -0.2) is 20.4 Å². The van der Waals surface area contributed by atoms with Gasteiger partial charge in [-0.15, -0.1) is 10.2 Å². The Bertz CT molecular complexity index is 865. The summed E-state index contributed by atoms with van der Waals surface area (Å²) in [6.45, 7) is 0. The molecule has 5 nitrogen and oxygen atoms in total. The number of halogens is 2. The molecule has 3 aromatic rings. The topological polar surface area (TPSA) is 76.2 Å². The lowest BCUT2D eigenvalue weighted by molar-refractivity contribution is 0.108. The van der Waals surface area contributed by atoms with E-state index in [0.717, 1.165) is 21.8 Å². The molecule has 116 valence electrons. The standard InChI is InChI=1S/C15H8Br2N2O3S/c16-9-3-1-8(2-4-9)13-18-19-15(22-13)23-14(21)11-7-10(17)5-6-12(11)20/h1-7,20H. The fraction of sp³-hybridized carbons (Fsp3) is 0. The highest BCUT2D eigenvalue weighted by Crippen LogP contribution is 2.30. The van der Waals surface area contributed by atoms with Gasteiger partial charge >= 0.3 is 0 Å². The summed E-state index contributed by atoms with van der Waals surface area (Å²) in [6.07, 6.45) is 0. The number of aromatic nitrogens is 2. The summed E-state index contributed by atoms with van der Waals surface area (Å²) in [7, 11) is 0. The fourth-order valence-electron chi connectivity index (χ4n) is 1.77. The number of phenolic OH excluding ortho intramolecular Hbond substituents is 1. The molecule has 8 heteroatoms. The first-order valence-corrected chi connectivity index (χ1v) is 8.73. The number of phenols is 1. The van der Waals surface area contributed by atoms with Gasteiger partial charge in [0.1, 0.15) is 5.75 Å². The van der Waals surface area contributed by atoms with Gasteiger partial charge in [-0.3, -0.25) is 4.79 Å². The average molecular weight is 456 g/mol. The van der Waals surface area contributed by atoms with Crippen LogP contribution < -0.4 is 0 Å². The molecule has 0 aliphatic carbocycles. The molecular formula is C15H8Br2N2O3S. The van der Waals surface area contributed by atoms with Crippen LogP contribution in [0.5, 0.6) is 5.75 Å². The summed E-state index contributed by atoms with van der Waals surface area (Å²) in [5.41, 5.74) is 0.929. The first-order valence-electron chi connectivity index (χ1n) is 6.33. The van der Waals surface area contributed by atoms with Crippen LogP contribution in [0, 0.1) is 0 Å². The third-order valence-electron chi connectivity index (χ3n) is 2.86. The molecular weight excluding hydrogens is 448 g/mol. The van der Waals surface area contributed by atoms with Gasteiger partial charge in [0, 0.05) is 26.3 Å². The summed E-state index contributed by atoms with van der Waals surface area (Å²) in [5.74, 6) is 0.226. The highest BCUT2D eigenvalue weighted by atomic mass is 79.9. The van der Waals surface area contributed by atoms with Crippen LogP contribution >= 0.6 is 43.6 Å². The van der Waals surface area contributed by atoms with E-state index in [4.69, 9.17) is 4.42 Å². The van der Waals surface area contributed by atoms with E-state index in [-0.39, 0.29) is 21.7 Å². The highest BCUT2D eigenvalue weighted by molar-refractivity contribution is 9.10. The Balaban J connectivity index is 1.80. The minimum Gasteiger partial charge on any atom is -0.507 e. The van der Waals surface area contributed by atoms with Crippen molar-refractivity contribution in [3.8, 4) is 17.2 Å². The Morgan fingerprint density at radius 1 is 1.04 bits per heavy atom. The van der Waals surface area contributed by atoms with Crippen LogP contribution in [0.1, 0.15) is 10.4 Å². The lowest BCUT2D eigenvalue weighted by Gasteiger charge is -2.01. The molecule has 0 saturated carbocycles. The summed E-state index contributed by atoms with van der Waals surface area (Å²) >= 11 is 7.38. The second-order valence-corrected chi connectivity index (χ2v) is 7.19. The van der Waals surface area contributed by atoms with Crippen LogP contribution in [0.4, 0.5) is 0 Å². The number of carbonyl (C=O) groups excluding carboxylic acids is 1. The van der Waals surface area contributed by atoms with Crippen molar-refractivity contribution in [2.45, 2.75) is 5.22 Å². The van der Waals surface area contributed by atoms with Crippen molar-refractivity contribution >= 4 is 48.7 Å².